The normalized spacial score (nSPS) is 10.3. The molecule has 0 amide bonds. The van der Waals surface area contributed by atoms with Crippen LogP contribution in [0.4, 0.5) is 21.5 Å². The van der Waals surface area contributed by atoms with Gasteiger partial charge in [-0.05, 0) is 30.3 Å². The van der Waals surface area contributed by atoms with Gasteiger partial charge in [-0.25, -0.2) is 4.39 Å². The molecule has 0 saturated heterocycles. The van der Waals surface area contributed by atoms with Gasteiger partial charge in [0.05, 0.1) is 4.92 Å². The Hall–Kier alpha value is -1.95. The number of anilines is 2. The first-order chi connectivity index (χ1) is 9.52. The van der Waals surface area contributed by atoms with Crippen molar-refractivity contribution in [2.24, 2.45) is 0 Å². The number of halogens is 2. The van der Waals surface area contributed by atoms with Gasteiger partial charge in [-0.1, -0.05) is 22.0 Å². The van der Waals surface area contributed by atoms with E-state index < -0.39 is 4.92 Å². The van der Waals surface area contributed by atoms with Gasteiger partial charge in [0.1, 0.15) is 5.82 Å². The molecule has 0 aliphatic rings. The molecule has 0 unspecified atom stereocenters. The van der Waals surface area contributed by atoms with E-state index in [1.165, 1.54) is 18.2 Å². The molecule has 2 rings (SSSR count). The molecule has 2 aromatic carbocycles. The monoisotopic (exact) mass is 338 g/mol. The molecule has 2 aromatic rings. The lowest BCUT2D eigenvalue weighted by Gasteiger charge is -2.20. The van der Waals surface area contributed by atoms with Crippen LogP contribution in [-0.2, 0) is 5.33 Å². The van der Waals surface area contributed by atoms with Crippen LogP contribution >= 0.6 is 15.9 Å². The van der Waals surface area contributed by atoms with Gasteiger partial charge in [0.2, 0.25) is 0 Å². The Labute approximate surface area is 124 Å². The summed E-state index contributed by atoms with van der Waals surface area (Å²) in [5, 5.41) is 11.3. The van der Waals surface area contributed by atoms with Crippen molar-refractivity contribution in [1.29, 1.82) is 0 Å². The molecular weight excluding hydrogens is 327 g/mol. The second-order valence-electron chi connectivity index (χ2n) is 4.24. The van der Waals surface area contributed by atoms with Crippen molar-refractivity contribution in [1.82, 2.24) is 0 Å². The molecular formula is C14H12BrFN2O2. The van der Waals surface area contributed by atoms with Crippen molar-refractivity contribution >= 4 is 33.0 Å². The maximum Gasteiger partial charge on any atom is 0.273 e. The zero-order valence-corrected chi connectivity index (χ0v) is 12.3. The first-order valence-corrected chi connectivity index (χ1v) is 6.97. The summed E-state index contributed by atoms with van der Waals surface area (Å²) in [4.78, 5) is 12.3. The van der Waals surface area contributed by atoms with E-state index in [1.54, 1.807) is 36.2 Å². The van der Waals surface area contributed by atoms with E-state index in [0.717, 1.165) is 5.69 Å². The molecule has 0 N–H and O–H groups in total. The third-order valence-electron chi connectivity index (χ3n) is 2.99. The first-order valence-electron chi connectivity index (χ1n) is 5.85. The molecule has 0 saturated carbocycles. The molecule has 6 heteroatoms. The molecule has 0 atom stereocenters. The van der Waals surface area contributed by atoms with Gasteiger partial charge >= 0.3 is 0 Å². The maximum absolute atomic E-state index is 13.2. The van der Waals surface area contributed by atoms with Crippen molar-refractivity contribution in [3.05, 3.63) is 64.0 Å². The van der Waals surface area contributed by atoms with Gasteiger partial charge in [0.25, 0.3) is 5.69 Å². The Balaban J connectivity index is 2.40. The van der Waals surface area contributed by atoms with Gasteiger partial charge < -0.3 is 4.90 Å². The molecule has 4 nitrogen and oxygen atoms in total. The van der Waals surface area contributed by atoms with Crippen LogP contribution in [0.25, 0.3) is 0 Å². The quantitative estimate of drug-likeness (QED) is 0.471. The third-order valence-corrected chi connectivity index (χ3v) is 3.59. The van der Waals surface area contributed by atoms with E-state index >= 15 is 0 Å². The number of nitro groups is 1. The van der Waals surface area contributed by atoms with E-state index in [4.69, 9.17) is 0 Å². The second kappa shape index (κ2) is 6.00. The van der Waals surface area contributed by atoms with Crippen LogP contribution in [0.5, 0.6) is 0 Å². The van der Waals surface area contributed by atoms with E-state index in [-0.39, 0.29) is 11.5 Å². The lowest BCUT2D eigenvalue weighted by atomic mass is 10.1. The number of benzene rings is 2. The van der Waals surface area contributed by atoms with Crippen molar-refractivity contribution in [3.8, 4) is 0 Å². The molecule has 0 aliphatic carbocycles. The summed E-state index contributed by atoms with van der Waals surface area (Å²) in [6.45, 7) is 0. The molecule has 0 spiro atoms. The zero-order valence-electron chi connectivity index (χ0n) is 10.7. The summed E-state index contributed by atoms with van der Waals surface area (Å²) in [5.74, 6) is -0.322. The summed E-state index contributed by atoms with van der Waals surface area (Å²) in [6, 6.07) is 11.0. The average Bonchev–Trinajstić information content (AvgIpc) is 2.45. The third kappa shape index (κ3) is 2.96. The van der Waals surface area contributed by atoms with Crippen LogP contribution in [-0.4, -0.2) is 12.0 Å². The predicted molar refractivity (Wildman–Crippen MR) is 80.2 cm³/mol. The molecule has 20 heavy (non-hydrogen) atoms. The summed E-state index contributed by atoms with van der Waals surface area (Å²) < 4.78 is 13.2. The standard InChI is InChI=1S/C14H12BrFN2O2/c1-17(12-4-2-3-11(16)8-12)13-5-6-14(18(19)20)10(7-13)9-15/h2-8H,9H2,1H3. The number of nitro benzene ring substituents is 1. The van der Waals surface area contributed by atoms with E-state index in [9.17, 15) is 14.5 Å². The van der Waals surface area contributed by atoms with Crippen LogP contribution in [0, 0.1) is 15.9 Å². The molecule has 0 fully saturated rings. The second-order valence-corrected chi connectivity index (χ2v) is 4.80. The Morgan fingerprint density at radius 2 is 1.95 bits per heavy atom. The summed E-state index contributed by atoms with van der Waals surface area (Å²) in [7, 11) is 1.79. The van der Waals surface area contributed by atoms with Crippen LogP contribution in [0.15, 0.2) is 42.5 Å². The summed E-state index contributed by atoms with van der Waals surface area (Å²) in [5.41, 5.74) is 2.09. The average molecular weight is 339 g/mol. The largest absolute Gasteiger partial charge is 0.345 e. The first kappa shape index (κ1) is 14.5. The van der Waals surface area contributed by atoms with E-state index in [1.807, 2.05) is 0 Å². The highest BCUT2D eigenvalue weighted by Gasteiger charge is 2.15. The zero-order chi connectivity index (χ0) is 14.7. The van der Waals surface area contributed by atoms with E-state index in [0.29, 0.717) is 16.6 Å². The highest BCUT2D eigenvalue weighted by molar-refractivity contribution is 9.08. The van der Waals surface area contributed by atoms with Crippen LogP contribution in [0.1, 0.15) is 5.56 Å². The van der Waals surface area contributed by atoms with Crippen molar-refractivity contribution in [2.45, 2.75) is 5.33 Å². The Kier molecular flexibility index (Phi) is 4.34. The number of alkyl halides is 1. The van der Waals surface area contributed by atoms with Crippen LogP contribution in [0.3, 0.4) is 0 Å². The highest BCUT2D eigenvalue weighted by Crippen LogP contribution is 2.30. The Morgan fingerprint density at radius 1 is 1.25 bits per heavy atom. The van der Waals surface area contributed by atoms with E-state index in [2.05, 4.69) is 15.9 Å². The summed E-state index contributed by atoms with van der Waals surface area (Å²) >= 11 is 3.24. The topological polar surface area (TPSA) is 46.4 Å². The fraction of sp³-hybridized carbons (Fsp3) is 0.143. The predicted octanol–water partition coefficient (Wildman–Crippen LogP) is 4.40. The lowest BCUT2D eigenvalue weighted by Crippen LogP contribution is -2.10. The minimum atomic E-state index is -0.414. The molecule has 0 aliphatic heterocycles. The number of rotatable bonds is 4. The number of nitrogens with zero attached hydrogens (tertiary/aromatic N) is 2. The van der Waals surface area contributed by atoms with Gasteiger partial charge in [-0.15, -0.1) is 0 Å². The summed E-state index contributed by atoms with van der Waals surface area (Å²) in [6.07, 6.45) is 0. The molecule has 0 bridgehead atoms. The molecule has 0 radical (unpaired) electrons. The van der Waals surface area contributed by atoms with Gasteiger partial charge in [-0.3, -0.25) is 10.1 Å². The SMILES string of the molecule is CN(c1cccc(F)c1)c1ccc([N+](=O)[O-])c(CBr)c1. The van der Waals surface area contributed by atoms with Crippen LogP contribution < -0.4 is 4.90 Å². The highest BCUT2D eigenvalue weighted by atomic mass is 79.9. The molecule has 0 heterocycles. The van der Waals surface area contributed by atoms with Crippen LogP contribution in [0.2, 0.25) is 0 Å². The fourth-order valence-corrected chi connectivity index (χ4v) is 2.35. The van der Waals surface area contributed by atoms with Crippen molar-refractivity contribution in [2.75, 3.05) is 11.9 Å². The fourth-order valence-electron chi connectivity index (χ4n) is 1.90. The van der Waals surface area contributed by atoms with Crippen molar-refractivity contribution in [3.63, 3.8) is 0 Å². The number of hydrogen-bond donors (Lipinski definition) is 0. The lowest BCUT2D eigenvalue weighted by molar-refractivity contribution is -0.385. The van der Waals surface area contributed by atoms with Gasteiger partial charge in [0.15, 0.2) is 0 Å². The van der Waals surface area contributed by atoms with Gasteiger partial charge in [-0.2, -0.15) is 0 Å². The Morgan fingerprint density at radius 3 is 2.55 bits per heavy atom. The molecule has 0 aromatic heterocycles. The maximum atomic E-state index is 13.2. The smallest absolute Gasteiger partial charge is 0.273 e. The Bertz CT molecular complexity index is 649. The molecule has 104 valence electrons. The minimum Gasteiger partial charge on any atom is -0.345 e. The number of hydrogen-bond acceptors (Lipinski definition) is 3. The van der Waals surface area contributed by atoms with Crippen molar-refractivity contribution < 1.29 is 9.31 Å². The van der Waals surface area contributed by atoms with Gasteiger partial charge in [0, 0.05) is 35.4 Å². The minimum absolute atomic E-state index is 0.0678.